The second-order valence-electron chi connectivity index (χ2n) is 5.35. The van der Waals surface area contributed by atoms with E-state index in [0.717, 1.165) is 48.6 Å². The Bertz CT molecular complexity index is 617. The fourth-order valence-corrected chi connectivity index (χ4v) is 2.68. The van der Waals surface area contributed by atoms with Crippen LogP contribution in [-0.4, -0.2) is 16.3 Å². The van der Waals surface area contributed by atoms with Gasteiger partial charge in [-0.1, -0.05) is 13.0 Å². The number of rotatable bonds is 6. The van der Waals surface area contributed by atoms with Gasteiger partial charge in [0.05, 0.1) is 5.69 Å². The van der Waals surface area contributed by atoms with Gasteiger partial charge in [0.2, 0.25) is 0 Å². The van der Waals surface area contributed by atoms with Crippen molar-refractivity contribution in [1.82, 2.24) is 15.1 Å². The van der Waals surface area contributed by atoms with Gasteiger partial charge in [0.1, 0.15) is 5.82 Å². The van der Waals surface area contributed by atoms with Crippen LogP contribution in [0.25, 0.3) is 11.1 Å². The number of aromatic nitrogens is 2. The van der Waals surface area contributed by atoms with Gasteiger partial charge in [-0.25, -0.2) is 4.39 Å². The monoisotopic (exact) mass is 289 g/mol. The van der Waals surface area contributed by atoms with Gasteiger partial charge in [0.25, 0.3) is 0 Å². The zero-order chi connectivity index (χ0) is 15.4. The van der Waals surface area contributed by atoms with Gasteiger partial charge in [-0.15, -0.1) is 0 Å². The van der Waals surface area contributed by atoms with Crippen molar-refractivity contribution in [2.24, 2.45) is 0 Å². The van der Waals surface area contributed by atoms with Crippen LogP contribution in [-0.2, 0) is 13.1 Å². The Labute approximate surface area is 126 Å². The van der Waals surface area contributed by atoms with Crippen molar-refractivity contribution in [3.05, 3.63) is 41.0 Å². The van der Waals surface area contributed by atoms with E-state index in [1.807, 2.05) is 37.6 Å². The molecule has 21 heavy (non-hydrogen) atoms. The van der Waals surface area contributed by atoms with Gasteiger partial charge in [-0.2, -0.15) is 5.10 Å². The molecule has 0 aliphatic carbocycles. The second-order valence-corrected chi connectivity index (χ2v) is 5.35. The average Bonchev–Trinajstić information content (AvgIpc) is 2.76. The van der Waals surface area contributed by atoms with Crippen molar-refractivity contribution in [3.63, 3.8) is 0 Å². The van der Waals surface area contributed by atoms with Crippen LogP contribution in [0.15, 0.2) is 18.2 Å². The van der Waals surface area contributed by atoms with Gasteiger partial charge >= 0.3 is 0 Å². The minimum absolute atomic E-state index is 0.184. The van der Waals surface area contributed by atoms with Crippen LogP contribution in [0, 0.1) is 19.7 Å². The molecular weight excluding hydrogens is 265 g/mol. The molecule has 2 aromatic rings. The molecule has 0 saturated carbocycles. The van der Waals surface area contributed by atoms with Gasteiger partial charge in [0, 0.05) is 29.9 Å². The molecule has 1 aromatic heterocycles. The Morgan fingerprint density at radius 1 is 1.24 bits per heavy atom. The summed E-state index contributed by atoms with van der Waals surface area (Å²) in [5, 5.41) is 7.84. The summed E-state index contributed by atoms with van der Waals surface area (Å²) in [7, 11) is 0. The molecule has 0 amide bonds. The minimum atomic E-state index is -0.184. The fourth-order valence-electron chi connectivity index (χ4n) is 2.68. The lowest BCUT2D eigenvalue weighted by Crippen LogP contribution is -2.13. The molecule has 0 aliphatic rings. The third-order valence-corrected chi connectivity index (χ3v) is 3.74. The zero-order valence-electron chi connectivity index (χ0n) is 13.3. The molecule has 0 unspecified atom stereocenters. The summed E-state index contributed by atoms with van der Waals surface area (Å²) in [5.41, 5.74) is 4.58. The summed E-state index contributed by atoms with van der Waals surface area (Å²) < 4.78 is 16.2. The average molecular weight is 289 g/mol. The maximum atomic E-state index is 14.3. The van der Waals surface area contributed by atoms with Gasteiger partial charge in [-0.3, -0.25) is 4.68 Å². The molecule has 0 aliphatic heterocycles. The van der Waals surface area contributed by atoms with Gasteiger partial charge in [0.15, 0.2) is 0 Å². The third kappa shape index (κ3) is 3.32. The molecule has 0 spiro atoms. The maximum Gasteiger partial charge on any atom is 0.131 e. The number of aryl methyl sites for hydroxylation is 2. The second kappa shape index (κ2) is 6.85. The molecule has 4 heteroatoms. The van der Waals surface area contributed by atoms with E-state index in [1.165, 1.54) is 0 Å². The van der Waals surface area contributed by atoms with E-state index in [2.05, 4.69) is 17.3 Å². The molecular formula is C17H24FN3. The SMILES string of the molecule is CCCNCc1ccc(F)c(-c2c(C)nn(CC)c2C)c1. The smallest absolute Gasteiger partial charge is 0.131 e. The van der Waals surface area contributed by atoms with Crippen molar-refractivity contribution in [1.29, 1.82) is 0 Å². The third-order valence-electron chi connectivity index (χ3n) is 3.74. The largest absolute Gasteiger partial charge is 0.313 e. The van der Waals surface area contributed by atoms with Crippen molar-refractivity contribution >= 4 is 0 Å². The van der Waals surface area contributed by atoms with Crippen molar-refractivity contribution in [2.45, 2.75) is 47.2 Å². The summed E-state index contributed by atoms with van der Waals surface area (Å²) in [6, 6.07) is 5.34. The predicted molar refractivity (Wildman–Crippen MR) is 84.8 cm³/mol. The zero-order valence-corrected chi connectivity index (χ0v) is 13.3. The summed E-state index contributed by atoms with van der Waals surface area (Å²) in [5.74, 6) is -0.184. The standard InChI is InChI=1S/C17H24FN3/c1-5-9-19-11-14-7-8-16(18)15(10-14)17-12(3)20-21(6-2)13(17)4/h7-8,10,19H,5-6,9,11H2,1-4H3. The molecule has 0 atom stereocenters. The summed E-state index contributed by atoms with van der Waals surface area (Å²) in [6.45, 7) is 10.7. The highest BCUT2D eigenvalue weighted by Crippen LogP contribution is 2.30. The molecule has 1 N–H and O–H groups in total. The lowest BCUT2D eigenvalue weighted by molar-refractivity contribution is 0.626. The molecule has 1 heterocycles. The molecule has 2 rings (SSSR count). The Morgan fingerprint density at radius 3 is 2.62 bits per heavy atom. The number of nitrogens with one attached hydrogen (secondary N) is 1. The van der Waals surface area contributed by atoms with Crippen molar-refractivity contribution in [3.8, 4) is 11.1 Å². The van der Waals surface area contributed by atoms with Crippen molar-refractivity contribution in [2.75, 3.05) is 6.54 Å². The van der Waals surface area contributed by atoms with Crippen LogP contribution in [0.2, 0.25) is 0 Å². The van der Waals surface area contributed by atoms with E-state index in [9.17, 15) is 4.39 Å². The molecule has 0 bridgehead atoms. The van der Waals surface area contributed by atoms with Crippen LogP contribution in [0.1, 0.15) is 37.2 Å². The highest BCUT2D eigenvalue weighted by atomic mass is 19.1. The van der Waals surface area contributed by atoms with E-state index in [4.69, 9.17) is 0 Å². The van der Waals surface area contributed by atoms with Gasteiger partial charge < -0.3 is 5.32 Å². The molecule has 0 radical (unpaired) electrons. The maximum absolute atomic E-state index is 14.3. The summed E-state index contributed by atoms with van der Waals surface area (Å²) >= 11 is 0. The number of halogens is 1. The number of hydrogen-bond acceptors (Lipinski definition) is 2. The topological polar surface area (TPSA) is 29.9 Å². The molecule has 3 nitrogen and oxygen atoms in total. The Balaban J connectivity index is 2.39. The number of nitrogens with zero attached hydrogens (tertiary/aromatic N) is 2. The quantitative estimate of drug-likeness (QED) is 0.819. The Hall–Kier alpha value is -1.68. The lowest BCUT2D eigenvalue weighted by atomic mass is 10.0. The highest BCUT2D eigenvalue weighted by Gasteiger charge is 2.16. The minimum Gasteiger partial charge on any atom is -0.313 e. The van der Waals surface area contributed by atoms with Crippen molar-refractivity contribution < 1.29 is 4.39 Å². The van der Waals surface area contributed by atoms with Gasteiger partial charge in [-0.05, 0) is 51.4 Å². The fraction of sp³-hybridized carbons (Fsp3) is 0.471. The molecule has 0 fully saturated rings. The normalized spacial score (nSPS) is 11.1. The number of hydrogen-bond donors (Lipinski definition) is 1. The first-order valence-electron chi connectivity index (χ1n) is 7.62. The first-order valence-corrected chi connectivity index (χ1v) is 7.62. The van der Waals surface area contributed by atoms with Crippen LogP contribution in [0.4, 0.5) is 4.39 Å². The van der Waals surface area contributed by atoms with Crippen LogP contribution in [0.3, 0.4) is 0 Å². The molecule has 0 saturated heterocycles. The Morgan fingerprint density at radius 2 is 2.00 bits per heavy atom. The predicted octanol–water partition coefficient (Wildman–Crippen LogP) is 3.83. The van der Waals surface area contributed by atoms with E-state index < -0.39 is 0 Å². The summed E-state index contributed by atoms with van der Waals surface area (Å²) in [4.78, 5) is 0. The summed E-state index contributed by atoms with van der Waals surface area (Å²) in [6.07, 6.45) is 1.09. The van der Waals surface area contributed by atoms with E-state index in [0.29, 0.717) is 5.56 Å². The first-order chi connectivity index (χ1) is 10.1. The van der Waals surface area contributed by atoms with Crippen LogP contribution >= 0.6 is 0 Å². The molecule has 1 aromatic carbocycles. The first kappa shape index (κ1) is 15.7. The molecule has 114 valence electrons. The highest BCUT2D eigenvalue weighted by molar-refractivity contribution is 5.69. The number of benzene rings is 1. The lowest BCUT2D eigenvalue weighted by Gasteiger charge is -2.09. The van der Waals surface area contributed by atoms with Crippen LogP contribution in [0.5, 0.6) is 0 Å². The van der Waals surface area contributed by atoms with E-state index >= 15 is 0 Å². The van der Waals surface area contributed by atoms with Crippen LogP contribution < -0.4 is 5.32 Å². The van der Waals surface area contributed by atoms with E-state index in [1.54, 1.807) is 6.07 Å². The van der Waals surface area contributed by atoms with E-state index in [-0.39, 0.29) is 5.82 Å². The Kier molecular flexibility index (Phi) is 5.12.